The van der Waals surface area contributed by atoms with Gasteiger partial charge in [-0.15, -0.1) is 0 Å². The topological polar surface area (TPSA) is 59.6 Å². The molecule has 0 heterocycles. The molecule has 0 amide bonds. The second-order valence-corrected chi connectivity index (χ2v) is 8.66. The fourth-order valence-electron chi connectivity index (χ4n) is 3.12. The Kier molecular flexibility index (Phi) is 8.37. The van der Waals surface area contributed by atoms with Crippen molar-refractivity contribution in [3.05, 3.63) is 35.9 Å². The molecule has 7 heteroatoms. The highest BCUT2D eigenvalue weighted by Crippen LogP contribution is 2.59. The SMILES string of the molecule is CCOP(=O)(OCC)[C@@H](NC(=S)NC1CCCCC1)c1ccccc1. The first-order valence-corrected chi connectivity index (χ1v) is 11.1. The number of thiocarbonyl (C=S) groups is 1. The summed E-state index contributed by atoms with van der Waals surface area (Å²) in [5.74, 6) is -0.628. The van der Waals surface area contributed by atoms with Crippen molar-refractivity contribution in [2.24, 2.45) is 0 Å². The van der Waals surface area contributed by atoms with Crippen molar-refractivity contribution in [1.29, 1.82) is 0 Å². The Morgan fingerprint density at radius 2 is 1.76 bits per heavy atom. The molecule has 1 aliphatic rings. The third-order valence-corrected chi connectivity index (χ3v) is 6.79. The average Bonchev–Trinajstić information content (AvgIpc) is 2.61. The normalized spacial score (nSPS) is 17.0. The van der Waals surface area contributed by atoms with Crippen LogP contribution in [0.5, 0.6) is 0 Å². The van der Waals surface area contributed by atoms with Gasteiger partial charge in [-0.3, -0.25) is 4.57 Å². The van der Waals surface area contributed by atoms with E-state index in [4.69, 9.17) is 21.3 Å². The van der Waals surface area contributed by atoms with Crippen LogP contribution in [0.25, 0.3) is 0 Å². The van der Waals surface area contributed by atoms with Gasteiger partial charge in [0.15, 0.2) is 10.9 Å². The summed E-state index contributed by atoms with van der Waals surface area (Å²) in [6, 6.07) is 9.93. The van der Waals surface area contributed by atoms with Gasteiger partial charge in [-0.25, -0.2) is 0 Å². The molecule has 1 fully saturated rings. The molecule has 25 heavy (non-hydrogen) atoms. The maximum absolute atomic E-state index is 13.3. The minimum Gasteiger partial charge on any atom is -0.360 e. The van der Waals surface area contributed by atoms with Crippen LogP contribution in [0.15, 0.2) is 30.3 Å². The summed E-state index contributed by atoms with van der Waals surface area (Å²) in [5.41, 5.74) is 0.834. The van der Waals surface area contributed by atoms with Crippen LogP contribution in [0.3, 0.4) is 0 Å². The largest absolute Gasteiger partial charge is 0.360 e. The monoisotopic (exact) mass is 384 g/mol. The van der Waals surface area contributed by atoms with E-state index in [1.54, 1.807) is 0 Å². The van der Waals surface area contributed by atoms with E-state index in [9.17, 15) is 4.57 Å². The van der Waals surface area contributed by atoms with E-state index < -0.39 is 13.4 Å². The van der Waals surface area contributed by atoms with Gasteiger partial charge in [-0.05, 0) is 44.5 Å². The molecule has 0 spiro atoms. The van der Waals surface area contributed by atoms with Crippen LogP contribution in [0.4, 0.5) is 0 Å². The van der Waals surface area contributed by atoms with Crippen LogP contribution in [0, 0.1) is 0 Å². The van der Waals surface area contributed by atoms with Crippen LogP contribution < -0.4 is 10.6 Å². The summed E-state index contributed by atoms with van der Waals surface area (Å²) < 4.78 is 24.5. The highest BCUT2D eigenvalue weighted by atomic mass is 32.1. The Balaban J connectivity index is 2.16. The van der Waals surface area contributed by atoms with E-state index in [2.05, 4.69) is 10.6 Å². The van der Waals surface area contributed by atoms with Crippen LogP contribution in [-0.4, -0.2) is 24.4 Å². The Labute approximate surface area is 156 Å². The quantitative estimate of drug-likeness (QED) is 0.498. The summed E-state index contributed by atoms with van der Waals surface area (Å²) in [6.07, 6.45) is 5.96. The van der Waals surface area contributed by atoms with Crippen molar-refractivity contribution >= 4 is 24.9 Å². The molecule has 0 radical (unpaired) electrons. The molecule has 2 rings (SSSR count). The molecule has 1 aromatic rings. The maximum atomic E-state index is 13.3. The van der Waals surface area contributed by atoms with Crippen molar-refractivity contribution in [1.82, 2.24) is 10.6 Å². The van der Waals surface area contributed by atoms with E-state index in [1.807, 2.05) is 44.2 Å². The molecule has 0 bridgehead atoms. The second-order valence-electron chi connectivity index (χ2n) is 6.14. The van der Waals surface area contributed by atoms with Crippen LogP contribution >= 0.6 is 19.8 Å². The van der Waals surface area contributed by atoms with Gasteiger partial charge in [-0.1, -0.05) is 49.6 Å². The zero-order valence-corrected chi connectivity index (χ0v) is 16.8. The summed E-state index contributed by atoms with van der Waals surface area (Å²) in [6.45, 7) is 4.24. The molecule has 0 saturated heterocycles. The van der Waals surface area contributed by atoms with Crippen LogP contribution in [0.2, 0.25) is 0 Å². The van der Waals surface area contributed by atoms with Gasteiger partial charge in [0.25, 0.3) is 0 Å². The first-order valence-electron chi connectivity index (χ1n) is 9.09. The lowest BCUT2D eigenvalue weighted by molar-refractivity contribution is 0.210. The fraction of sp³-hybridized carbons (Fsp3) is 0.611. The highest BCUT2D eigenvalue weighted by molar-refractivity contribution is 7.80. The molecule has 0 aliphatic heterocycles. The first-order chi connectivity index (χ1) is 12.1. The van der Waals surface area contributed by atoms with E-state index in [1.165, 1.54) is 19.3 Å². The minimum atomic E-state index is -3.40. The molecule has 1 aliphatic carbocycles. The molecular weight excluding hydrogens is 355 g/mol. The lowest BCUT2D eigenvalue weighted by Crippen LogP contribution is -2.44. The van der Waals surface area contributed by atoms with Gasteiger partial charge in [-0.2, -0.15) is 0 Å². The smallest absolute Gasteiger partial charge is 0.357 e. The molecule has 0 unspecified atom stereocenters. The predicted molar refractivity (Wildman–Crippen MR) is 106 cm³/mol. The lowest BCUT2D eigenvalue weighted by atomic mass is 9.96. The molecule has 5 nitrogen and oxygen atoms in total. The highest BCUT2D eigenvalue weighted by Gasteiger charge is 2.37. The van der Waals surface area contributed by atoms with Gasteiger partial charge in [0.05, 0.1) is 13.2 Å². The predicted octanol–water partition coefficient (Wildman–Crippen LogP) is 4.75. The third-order valence-electron chi connectivity index (χ3n) is 4.26. The summed E-state index contributed by atoms with van der Waals surface area (Å²) in [4.78, 5) is 0. The van der Waals surface area contributed by atoms with E-state index in [0.29, 0.717) is 24.4 Å². The Bertz CT molecular complexity index is 569. The Hall–Kier alpha value is -0.940. The zero-order valence-electron chi connectivity index (χ0n) is 15.1. The van der Waals surface area contributed by atoms with Gasteiger partial charge >= 0.3 is 7.60 Å². The average molecular weight is 384 g/mol. The molecule has 0 aromatic heterocycles. The third kappa shape index (κ3) is 6.07. The van der Waals surface area contributed by atoms with Crippen molar-refractivity contribution in [3.8, 4) is 0 Å². The molecule has 1 saturated carbocycles. The van der Waals surface area contributed by atoms with Gasteiger partial charge in [0.1, 0.15) is 0 Å². The van der Waals surface area contributed by atoms with Gasteiger partial charge in [0.2, 0.25) is 0 Å². The number of benzene rings is 1. The summed E-state index contributed by atoms with van der Waals surface area (Å²) >= 11 is 5.49. The van der Waals surface area contributed by atoms with Gasteiger partial charge in [0, 0.05) is 6.04 Å². The molecule has 2 N–H and O–H groups in total. The standard InChI is InChI=1S/C18H29N2O3PS/c1-3-22-24(21,23-4-2)17(15-11-7-5-8-12-15)20-18(25)19-16-13-9-6-10-14-16/h5,7-8,11-12,16-17H,3-4,6,9-10,13-14H2,1-2H3,(H2,19,20,25)/t17-/m1/s1. The fourth-order valence-corrected chi connectivity index (χ4v) is 5.41. The molecule has 1 atom stereocenters. The zero-order chi connectivity index (χ0) is 18.1. The molecule has 140 valence electrons. The summed E-state index contributed by atoms with van der Waals surface area (Å²) in [5, 5.41) is 7.06. The number of nitrogens with one attached hydrogen (secondary N) is 2. The maximum Gasteiger partial charge on any atom is 0.357 e. The number of rotatable bonds is 8. The van der Waals surface area contributed by atoms with Crippen molar-refractivity contribution in [2.45, 2.75) is 57.8 Å². The number of hydrogen-bond acceptors (Lipinski definition) is 4. The minimum absolute atomic E-state index is 0.311. The van der Waals surface area contributed by atoms with Crippen molar-refractivity contribution in [3.63, 3.8) is 0 Å². The molecule has 1 aromatic carbocycles. The van der Waals surface area contributed by atoms with Gasteiger partial charge < -0.3 is 19.7 Å². The summed E-state index contributed by atoms with van der Waals surface area (Å²) in [7, 11) is -3.40. The van der Waals surface area contributed by atoms with E-state index in [0.717, 1.165) is 18.4 Å². The lowest BCUT2D eigenvalue weighted by Gasteiger charge is -2.30. The van der Waals surface area contributed by atoms with Crippen LogP contribution in [0.1, 0.15) is 57.3 Å². The van der Waals surface area contributed by atoms with E-state index >= 15 is 0 Å². The number of hydrogen-bond donors (Lipinski definition) is 2. The van der Waals surface area contributed by atoms with Crippen LogP contribution in [-0.2, 0) is 13.6 Å². The van der Waals surface area contributed by atoms with Crippen molar-refractivity contribution in [2.75, 3.05) is 13.2 Å². The van der Waals surface area contributed by atoms with Crippen molar-refractivity contribution < 1.29 is 13.6 Å². The second kappa shape index (κ2) is 10.3. The molecular formula is C18H29N2O3PS. The van der Waals surface area contributed by atoms with E-state index in [-0.39, 0.29) is 0 Å². The Morgan fingerprint density at radius 1 is 1.16 bits per heavy atom. The first kappa shape index (κ1) is 20.4. The Morgan fingerprint density at radius 3 is 2.32 bits per heavy atom.